The molecule has 0 aliphatic carbocycles. The first-order valence-corrected chi connectivity index (χ1v) is 18.2. The van der Waals surface area contributed by atoms with Crippen LogP contribution < -0.4 is 8.92 Å². The number of unbranched alkanes of at least 4 members (excludes halogenated alkanes) is 15. The highest BCUT2D eigenvalue weighted by Crippen LogP contribution is 2.32. The van der Waals surface area contributed by atoms with Crippen molar-refractivity contribution in [3.05, 3.63) is 59.7 Å². The average molecular weight is 648 g/mol. The van der Waals surface area contributed by atoms with Gasteiger partial charge in [-0.3, -0.25) is 0 Å². The molecule has 0 radical (unpaired) electrons. The van der Waals surface area contributed by atoms with Gasteiger partial charge in [-0.05, 0) is 49.7 Å². The molecule has 0 heterocycles. The Hall–Kier alpha value is -1.87. The summed E-state index contributed by atoms with van der Waals surface area (Å²) in [5.74, 6) is 1.18. The van der Waals surface area contributed by atoms with Crippen molar-refractivity contribution >= 4 is 22.7 Å². The van der Waals surface area contributed by atoms with Gasteiger partial charge in [0, 0.05) is 12.0 Å². The lowest BCUT2D eigenvalue weighted by molar-refractivity contribution is -0.0500. The van der Waals surface area contributed by atoms with Crippen molar-refractivity contribution in [2.45, 2.75) is 129 Å². The van der Waals surface area contributed by atoms with Crippen LogP contribution in [0.5, 0.6) is 11.5 Å². The fourth-order valence-electron chi connectivity index (χ4n) is 4.69. The molecule has 0 fully saturated rings. The topological polar surface area (TPSA) is 52.6 Å². The molecule has 2 aromatic rings. The molecule has 4 nitrogen and oxygen atoms in total. The molecule has 0 saturated carbocycles. The smallest absolute Gasteiger partial charge is 0.494 e. The summed E-state index contributed by atoms with van der Waals surface area (Å²) >= 11 is 3.18. The number of halogens is 3. The molecule has 0 atom stereocenters. The zero-order chi connectivity index (χ0) is 31.8. The molecule has 0 bridgehead atoms. The molecule has 2 aromatic carbocycles. The SMILES string of the molecule is CCCCCCCCCCCCCCCCCCOc1ccc(OS(=O)(=O)C(F)(F)F)c(Cc2ccccc2)c1.CC[SH2+]. The molecule has 0 aliphatic rings. The Balaban J connectivity index is 0.00000295. The molecule has 0 aromatic heterocycles. The second-order valence-corrected chi connectivity index (χ2v) is 13.2. The van der Waals surface area contributed by atoms with Gasteiger partial charge in [0.25, 0.3) is 0 Å². The predicted molar refractivity (Wildman–Crippen MR) is 177 cm³/mol. The van der Waals surface area contributed by atoms with E-state index in [0.29, 0.717) is 17.9 Å². The predicted octanol–water partition coefficient (Wildman–Crippen LogP) is 10.2. The van der Waals surface area contributed by atoms with E-state index in [0.717, 1.165) is 30.6 Å². The van der Waals surface area contributed by atoms with Crippen molar-refractivity contribution in [2.75, 3.05) is 12.4 Å². The van der Waals surface area contributed by atoms with Crippen molar-refractivity contribution in [1.29, 1.82) is 0 Å². The zero-order valence-electron chi connectivity index (χ0n) is 26.2. The number of benzene rings is 2. The van der Waals surface area contributed by atoms with Gasteiger partial charge in [-0.1, -0.05) is 134 Å². The molecule has 0 N–H and O–H groups in total. The van der Waals surface area contributed by atoms with Gasteiger partial charge in [-0.2, -0.15) is 21.6 Å². The fraction of sp³-hybridized carbons (Fsp3) is 0.647. The molecule has 0 spiro atoms. The molecule has 9 heteroatoms. The van der Waals surface area contributed by atoms with Crippen LogP contribution in [-0.4, -0.2) is 26.3 Å². The third-order valence-corrected chi connectivity index (χ3v) is 7.98. The Labute approximate surface area is 264 Å². The van der Waals surface area contributed by atoms with Gasteiger partial charge in [-0.15, -0.1) is 0 Å². The quantitative estimate of drug-likeness (QED) is 0.0552. The first kappa shape index (κ1) is 39.2. The fourth-order valence-corrected chi connectivity index (χ4v) is 5.18. The maximum Gasteiger partial charge on any atom is 0.534 e. The Kier molecular flexibility index (Phi) is 21.4. The highest BCUT2D eigenvalue weighted by atomic mass is 32.2. The molecule has 43 heavy (non-hydrogen) atoms. The summed E-state index contributed by atoms with van der Waals surface area (Å²) in [6.45, 7) is 4.78. The first-order chi connectivity index (χ1) is 20.6. The van der Waals surface area contributed by atoms with Crippen LogP contribution in [0.1, 0.15) is 128 Å². The van der Waals surface area contributed by atoms with Gasteiger partial charge >= 0.3 is 15.6 Å². The van der Waals surface area contributed by atoms with E-state index in [2.05, 4.69) is 23.7 Å². The van der Waals surface area contributed by atoms with Crippen molar-refractivity contribution in [1.82, 2.24) is 0 Å². The Bertz CT molecular complexity index is 1060. The van der Waals surface area contributed by atoms with Crippen LogP contribution in [0.15, 0.2) is 48.5 Å². The second kappa shape index (κ2) is 23.5. The summed E-state index contributed by atoms with van der Waals surface area (Å²) < 4.78 is 72.1. The summed E-state index contributed by atoms with van der Waals surface area (Å²) in [7, 11) is -5.76. The zero-order valence-corrected chi connectivity index (χ0v) is 28.0. The van der Waals surface area contributed by atoms with Crippen molar-refractivity contribution in [3.8, 4) is 11.5 Å². The molecule has 0 unspecified atom stereocenters. The Morgan fingerprint density at radius 1 is 0.698 bits per heavy atom. The average Bonchev–Trinajstić information content (AvgIpc) is 2.96. The van der Waals surface area contributed by atoms with Crippen LogP contribution in [0.4, 0.5) is 13.2 Å². The van der Waals surface area contributed by atoms with E-state index in [4.69, 9.17) is 4.74 Å². The lowest BCUT2D eigenvalue weighted by Crippen LogP contribution is -2.28. The van der Waals surface area contributed by atoms with E-state index < -0.39 is 15.6 Å². The van der Waals surface area contributed by atoms with Crippen LogP contribution in [-0.2, 0) is 29.2 Å². The van der Waals surface area contributed by atoms with Gasteiger partial charge in [-0.25, -0.2) is 0 Å². The molecule has 2 rings (SSSR count). The standard InChI is InChI=1S/C32H47F3O4S.C2H6S/c1-2-3-4-5-6-7-8-9-10-11-12-13-14-15-16-20-25-38-30-23-24-31(39-40(36,37)32(33,34)35)29(27-30)26-28-21-18-17-19-22-28;1-2-3/h17-19,21-24,27H,2-16,20,25-26H2,1H3;3H,2H2,1H3/p+1. The number of hydrogen-bond donors (Lipinski definition) is 0. The van der Waals surface area contributed by atoms with E-state index in [1.807, 2.05) is 25.1 Å². The number of alkyl halides is 3. The lowest BCUT2D eigenvalue weighted by Gasteiger charge is -2.15. The number of rotatable bonds is 22. The number of hydrogen-bond acceptors (Lipinski definition) is 4. The summed E-state index contributed by atoms with van der Waals surface area (Å²) in [6, 6.07) is 13.3. The molecule has 0 amide bonds. The van der Waals surface area contributed by atoms with Crippen LogP contribution in [0.25, 0.3) is 0 Å². The van der Waals surface area contributed by atoms with Gasteiger partial charge in [0.1, 0.15) is 17.3 Å². The van der Waals surface area contributed by atoms with E-state index in [9.17, 15) is 21.6 Å². The van der Waals surface area contributed by atoms with Crippen LogP contribution in [0.2, 0.25) is 0 Å². The molecule has 0 aliphatic heterocycles. The van der Waals surface area contributed by atoms with Crippen molar-refractivity contribution < 1.29 is 30.5 Å². The van der Waals surface area contributed by atoms with Crippen LogP contribution >= 0.6 is 0 Å². The first-order valence-electron chi connectivity index (χ1n) is 16.1. The normalized spacial score (nSPS) is 11.6. The van der Waals surface area contributed by atoms with Gasteiger partial charge < -0.3 is 8.92 Å². The number of ether oxygens (including phenoxy) is 1. The van der Waals surface area contributed by atoms with E-state index in [-0.39, 0.29) is 12.2 Å². The largest absolute Gasteiger partial charge is 0.534 e. The van der Waals surface area contributed by atoms with E-state index >= 15 is 0 Å². The molecule has 246 valence electrons. The molecule has 0 saturated heterocycles. The maximum atomic E-state index is 12.9. The monoisotopic (exact) mass is 647 g/mol. The van der Waals surface area contributed by atoms with Gasteiger partial charge in [0.2, 0.25) is 0 Å². The lowest BCUT2D eigenvalue weighted by atomic mass is 10.0. The minimum Gasteiger partial charge on any atom is -0.494 e. The van der Waals surface area contributed by atoms with Gasteiger partial charge in [0.15, 0.2) is 0 Å². The highest BCUT2D eigenvalue weighted by Gasteiger charge is 2.48. The molecular formula is C34H54F3O4S2+. The summed E-state index contributed by atoms with van der Waals surface area (Å²) in [6.07, 6.45) is 20.8. The highest BCUT2D eigenvalue weighted by molar-refractivity contribution is 7.88. The summed E-state index contributed by atoms with van der Waals surface area (Å²) in [5, 5.41) is 0. The third kappa shape index (κ3) is 18.5. The van der Waals surface area contributed by atoms with Gasteiger partial charge in [0.05, 0.1) is 6.61 Å². The minimum atomic E-state index is -5.76. The summed E-state index contributed by atoms with van der Waals surface area (Å²) in [4.78, 5) is 0. The Morgan fingerprint density at radius 3 is 1.63 bits per heavy atom. The molecular weight excluding hydrogens is 593 g/mol. The maximum absolute atomic E-state index is 12.9. The summed E-state index contributed by atoms with van der Waals surface area (Å²) in [5.41, 5.74) is -4.38. The Morgan fingerprint density at radius 2 is 1.16 bits per heavy atom. The van der Waals surface area contributed by atoms with Crippen LogP contribution in [0.3, 0.4) is 0 Å². The second-order valence-electron chi connectivity index (χ2n) is 10.9. The minimum absolute atomic E-state index is 0.208. The van der Waals surface area contributed by atoms with E-state index in [1.54, 1.807) is 18.2 Å². The van der Waals surface area contributed by atoms with Crippen LogP contribution in [0, 0.1) is 0 Å². The van der Waals surface area contributed by atoms with E-state index in [1.165, 1.54) is 95.6 Å². The van der Waals surface area contributed by atoms with Crippen molar-refractivity contribution in [2.24, 2.45) is 0 Å². The van der Waals surface area contributed by atoms with Crippen molar-refractivity contribution in [3.63, 3.8) is 0 Å². The third-order valence-electron chi connectivity index (χ3n) is 7.02.